The third kappa shape index (κ3) is 10.9. The molecule has 1 aliphatic rings. The first-order chi connectivity index (χ1) is 17.8. The Bertz CT molecular complexity index is 1340. The highest BCUT2D eigenvalue weighted by atomic mass is 32.1. The average Bonchev–Trinajstić information content (AvgIpc) is 3.68. The molecule has 0 spiro atoms. The number of hydrogen-bond acceptors (Lipinski definition) is 10. The third-order valence-corrected chi connectivity index (χ3v) is 7.84. The lowest BCUT2D eigenvalue weighted by Gasteiger charge is -2.04. The number of hydrogen-bond donors (Lipinski definition) is 1. The summed E-state index contributed by atoms with van der Waals surface area (Å²) in [5.41, 5.74) is 3.82. The number of ether oxygens (including phenoxy) is 2. The summed E-state index contributed by atoms with van der Waals surface area (Å²) in [6.45, 7) is 6.45. The second kappa shape index (κ2) is 16.2. The fourth-order valence-electron chi connectivity index (χ4n) is 2.90. The zero-order valence-corrected chi connectivity index (χ0v) is 23.7. The Balaban J connectivity index is 0.000000232. The van der Waals surface area contributed by atoms with Crippen molar-refractivity contribution in [3.8, 4) is 0 Å². The summed E-state index contributed by atoms with van der Waals surface area (Å²) in [4.78, 5) is 30.4. The van der Waals surface area contributed by atoms with E-state index < -0.39 is 5.97 Å². The number of nitrogens with zero attached hydrogens (tertiary/aromatic N) is 2. The van der Waals surface area contributed by atoms with Crippen LogP contribution in [0.2, 0.25) is 0 Å². The zero-order chi connectivity index (χ0) is 26.6. The number of aldehydes is 1. The molecule has 4 aromatic heterocycles. The number of aromatic nitrogens is 2. The van der Waals surface area contributed by atoms with E-state index in [1.807, 2.05) is 48.9 Å². The highest BCUT2D eigenvalue weighted by molar-refractivity contribution is 7.11. The van der Waals surface area contributed by atoms with E-state index >= 15 is 0 Å². The molecule has 202 valence electrons. The van der Waals surface area contributed by atoms with Gasteiger partial charge < -0.3 is 14.6 Å². The fraction of sp³-hybridized carbons (Fsp3) is 0.259. The van der Waals surface area contributed by atoms with E-state index in [0.29, 0.717) is 13.2 Å². The topological polar surface area (TPSA) is 98.6 Å². The molecule has 0 saturated carbocycles. The van der Waals surface area contributed by atoms with Gasteiger partial charge in [0.1, 0.15) is 0 Å². The molecule has 1 N–H and O–H groups in total. The van der Waals surface area contributed by atoms with Crippen molar-refractivity contribution < 1.29 is 24.2 Å². The number of thiazole rings is 2. The predicted molar refractivity (Wildman–Crippen MR) is 160 cm³/mol. The maximum atomic E-state index is 10.5. The van der Waals surface area contributed by atoms with Crippen molar-refractivity contribution in [3.63, 3.8) is 0 Å². The summed E-state index contributed by atoms with van der Waals surface area (Å²) < 4.78 is 10.9. The Kier molecular flexibility index (Phi) is 13.4. The molecule has 0 amide bonds. The van der Waals surface area contributed by atoms with E-state index in [4.69, 9.17) is 19.4 Å². The van der Waals surface area contributed by atoms with Gasteiger partial charge in [-0.15, -0.1) is 45.3 Å². The second-order valence-corrected chi connectivity index (χ2v) is 11.5. The molecule has 1 saturated heterocycles. The Morgan fingerprint density at radius 3 is 1.82 bits per heavy atom. The van der Waals surface area contributed by atoms with Crippen LogP contribution in [0.1, 0.15) is 67.7 Å². The van der Waals surface area contributed by atoms with Crippen LogP contribution in [0.15, 0.2) is 33.7 Å². The second-order valence-electron chi connectivity index (χ2n) is 7.52. The van der Waals surface area contributed by atoms with Crippen LogP contribution in [-0.4, -0.2) is 40.5 Å². The van der Waals surface area contributed by atoms with E-state index in [-0.39, 0.29) is 13.7 Å². The van der Waals surface area contributed by atoms with Crippen LogP contribution in [0.25, 0.3) is 24.3 Å². The van der Waals surface area contributed by atoms with Crippen molar-refractivity contribution in [2.45, 2.75) is 34.5 Å². The van der Waals surface area contributed by atoms with Gasteiger partial charge in [-0.1, -0.05) is 7.43 Å². The van der Waals surface area contributed by atoms with Crippen LogP contribution in [-0.2, 0) is 14.3 Å². The van der Waals surface area contributed by atoms with Crippen LogP contribution in [0, 0.1) is 13.8 Å². The molecule has 0 radical (unpaired) electrons. The van der Waals surface area contributed by atoms with Gasteiger partial charge in [0.05, 0.1) is 34.6 Å². The molecule has 0 aromatic carbocycles. The first kappa shape index (κ1) is 31.4. The molecule has 38 heavy (non-hydrogen) atoms. The summed E-state index contributed by atoms with van der Waals surface area (Å²) in [7, 11) is 0. The third-order valence-electron chi connectivity index (χ3n) is 4.42. The SMILES string of the molecule is C.CC(=O)O.Cc1nc(C=Cc2cc(C3OCCO3)cs2)cs1.Cc1nc(C=Cc2cc(C=O)cs2)cs1. The standard InChI is InChI=1S/C13H13NO2S2.C11H9NOS2.C2H4O2.CH4/c1-9-14-11(8-17-9)2-3-12-6-10(7-18-12)13-15-4-5-16-13;1-8-12-10(7-14-8)2-3-11-4-9(5-13)6-15-11;1-2(3)4;/h2-3,6-8,13H,4-5H2,1H3;2-7H,1H3;1H3,(H,3,4);1H4. The number of carboxylic acid groups (broad SMARTS) is 1. The van der Waals surface area contributed by atoms with Crippen molar-refractivity contribution in [2.24, 2.45) is 0 Å². The molecule has 0 bridgehead atoms. The first-order valence-electron chi connectivity index (χ1n) is 11.1. The molecule has 0 atom stereocenters. The zero-order valence-electron chi connectivity index (χ0n) is 20.5. The minimum atomic E-state index is -0.833. The number of carboxylic acids is 1. The number of aryl methyl sites for hydroxylation is 2. The maximum Gasteiger partial charge on any atom is 0.300 e. The number of aliphatic carboxylic acids is 1. The van der Waals surface area contributed by atoms with Gasteiger partial charge in [-0.25, -0.2) is 9.97 Å². The van der Waals surface area contributed by atoms with Crippen LogP contribution < -0.4 is 0 Å². The quantitative estimate of drug-likeness (QED) is 0.228. The smallest absolute Gasteiger partial charge is 0.300 e. The highest BCUT2D eigenvalue weighted by Gasteiger charge is 2.19. The van der Waals surface area contributed by atoms with Crippen LogP contribution in [0.5, 0.6) is 0 Å². The fourth-order valence-corrected chi connectivity index (χ4v) is 5.61. The molecular formula is C27H30N2O5S4. The van der Waals surface area contributed by atoms with E-state index in [9.17, 15) is 4.79 Å². The number of carbonyl (C=O) groups excluding carboxylic acids is 1. The maximum absolute atomic E-state index is 10.5. The molecule has 5 rings (SSSR count). The van der Waals surface area contributed by atoms with E-state index in [1.165, 1.54) is 4.88 Å². The van der Waals surface area contributed by atoms with Gasteiger partial charge in [-0.2, -0.15) is 0 Å². The van der Waals surface area contributed by atoms with Gasteiger partial charge in [0.25, 0.3) is 5.97 Å². The molecule has 11 heteroatoms. The van der Waals surface area contributed by atoms with E-state index in [2.05, 4.69) is 32.9 Å². The van der Waals surface area contributed by atoms with Crippen LogP contribution in [0.4, 0.5) is 0 Å². The summed E-state index contributed by atoms with van der Waals surface area (Å²) in [6, 6.07) is 3.98. The lowest BCUT2D eigenvalue weighted by Crippen LogP contribution is -1.94. The minimum Gasteiger partial charge on any atom is -0.481 e. The lowest BCUT2D eigenvalue weighted by molar-refractivity contribution is -0.134. The van der Waals surface area contributed by atoms with Crippen molar-refractivity contribution in [3.05, 3.63) is 75.9 Å². The van der Waals surface area contributed by atoms with Crippen LogP contribution >= 0.6 is 45.3 Å². The Hall–Kier alpha value is -2.80. The van der Waals surface area contributed by atoms with Crippen molar-refractivity contribution >= 4 is 81.9 Å². The summed E-state index contributed by atoms with van der Waals surface area (Å²) in [5, 5.41) is 17.6. The molecule has 4 aromatic rings. The molecule has 0 aliphatic carbocycles. The van der Waals surface area contributed by atoms with Gasteiger partial charge >= 0.3 is 0 Å². The van der Waals surface area contributed by atoms with Crippen molar-refractivity contribution in [1.82, 2.24) is 9.97 Å². The van der Waals surface area contributed by atoms with Gasteiger partial charge in [0.2, 0.25) is 0 Å². The predicted octanol–water partition coefficient (Wildman–Crippen LogP) is 7.95. The summed E-state index contributed by atoms with van der Waals surface area (Å²) >= 11 is 6.55. The summed E-state index contributed by atoms with van der Waals surface area (Å²) in [6.07, 6.45) is 8.74. The highest BCUT2D eigenvalue weighted by Crippen LogP contribution is 2.28. The molecule has 1 fully saturated rings. The lowest BCUT2D eigenvalue weighted by atomic mass is 10.3. The van der Waals surface area contributed by atoms with Crippen molar-refractivity contribution in [2.75, 3.05) is 13.2 Å². The largest absolute Gasteiger partial charge is 0.481 e. The molecule has 0 unspecified atom stereocenters. The first-order valence-corrected chi connectivity index (χ1v) is 14.6. The average molecular weight is 591 g/mol. The van der Waals surface area contributed by atoms with E-state index in [1.54, 1.807) is 45.3 Å². The Morgan fingerprint density at radius 1 is 0.868 bits per heavy atom. The van der Waals surface area contributed by atoms with Gasteiger partial charge in [0.15, 0.2) is 12.6 Å². The molecule has 5 heterocycles. The van der Waals surface area contributed by atoms with E-state index in [0.717, 1.165) is 50.6 Å². The monoisotopic (exact) mass is 590 g/mol. The number of carbonyl (C=O) groups is 2. The van der Waals surface area contributed by atoms with Gasteiger partial charge in [-0.05, 0) is 55.7 Å². The van der Waals surface area contributed by atoms with Crippen LogP contribution in [0.3, 0.4) is 0 Å². The minimum absolute atomic E-state index is 0. The molecular weight excluding hydrogens is 561 g/mol. The van der Waals surface area contributed by atoms with Crippen molar-refractivity contribution in [1.29, 1.82) is 0 Å². The summed E-state index contributed by atoms with van der Waals surface area (Å²) in [5.74, 6) is -0.833. The van der Waals surface area contributed by atoms with Gasteiger partial charge in [-0.3, -0.25) is 9.59 Å². The Labute approximate surface area is 238 Å². The normalized spacial score (nSPS) is 13.0. The Morgan fingerprint density at radius 2 is 1.37 bits per heavy atom. The van der Waals surface area contributed by atoms with Gasteiger partial charge in [0, 0.05) is 43.9 Å². The molecule has 7 nitrogen and oxygen atoms in total. The number of rotatable bonds is 6. The number of thiophene rings is 2. The molecule has 1 aliphatic heterocycles.